The van der Waals surface area contributed by atoms with Crippen LogP contribution in [0.25, 0.3) is 0 Å². The highest BCUT2D eigenvalue weighted by Crippen LogP contribution is 2.14. The second-order valence-electron chi connectivity index (χ2n) is 3.09. The molecule has 0 N–H and O–H groups in total. The second-order valence-corrected chi connectivity index (χ2v) is 4.00. The zero-order valence-corrected chi connectivity index (χ0v) is 8.89. The number of hydrogen-bond donors (Lipinski definition) is 0. The summed E-state index contributed by atoms with van der Waals surface area (Å²) in [4.78, 5) is 0. The Morgan fingerprint density at radius 3 is 2.83 bits per heavy atom. The highest BCUT2D eigenvalue weighted by atomic mass is 79.9. The van der Waals surface area contributed by atoms with E-state index in [1.54, 1.807) is 0 Å². The lowest BCUT2D eigenvalue weighted by molar-refractivity contribution is 0.945. The third kappa shape index (κ3) is 3.22. The van der Waals surface area contributed by atoms with Gasteiger partial charge in [0.1, 0.15) is 0 Å². The Kier molecular flexibility index (Phi) is 3.54. The molecule has 0 bridgehead atoms. The van der Waals surface area contributed by atoms with E-state index in [9.17, 15) is 0 Å². The van der Waals surface area contributed by atoms with Gasteiger partial charge in [0.2, 0.25) is 0 Å². The average Bonchev–Trinajstić information content (AvgIpc) is 2.01. The van der Waals surface area contributed by atoms with Crippen LogP contribution in [0.3, 0.4) is 0 Å². The molecule has 0 unspecified atom stereocenters. The maximum atomic E-state index is 3.88. The van der Waals surface area contributed by atoms with Gasteiger partial charge in [-0.05, 0) is 37.5 Å². The summed E-state index contributed by atoms with van der Waals surface area (Å²) in [5, 5.41) is 0. The minimum absolute atomic E-state index is 1.08. The Balaban J connectivity index is 2.57. The van der Waals surface area contributed by atoms with Gasteiger partial charge in [-0.3, -0.25) is 0 Å². The van der Waals surface area contributed by atoms with Crippen LogP contribution in [0, 0.1) is 0 Å². The maximum absolute atomic E-state index is 3.88. The third-order valence-corrected chi connectivity index (χ3v) is 2.22. The van der Waals surface area contributed by atoms with Crippen LogP contribution in [-0.4, -0.2) is 0 Å². The molecule has 0 saturated carbocycles. The van der Waals surface area contributed by atoms with Crippen LogP contribution >= 0.6 is 15.9 Å². The van der Waals surface area contributed by atoms with E-state index in [1.165, 1.54) is 11.1 Å². The lowest BCUT2D eigenvalue weighted by atomic mass is 10.1. The normalized spacial score (nSPS) is 9.83. The van der Waals surface area contributed by atoms with Crippen LogP contribution in [-0.2, 0) is 6.42 Å². The fourth-order valence-electron chi connectivity index (χ4n) is 1.05. The monoisotopic (exact) mass is 224 g/mol. The molecule has 1 aromatic rings. The lowest BCUT2D eigenvalue weighted by Crippen LogP contribution is -1.85. The van der Waals surface area contributed by atoms with Crippen molar-refractivity contribution in [2.45, 2.75) is 19.8 Å². The van der Waals surface area contributed by atoms with Crippen molar-refractivity contribution in [2.24, 2.45) is 0 Å². The summed E-state index contributed by atoms with van der Waals surface area (Å²) in [5.74, 6) is 0. The van der Waals surface area contributed by atoms with E-state index in [-0.39, 0.29) is 0 Å². The van der Waals surface area contributed by atoms with Gasteiger partial charge >= 0.3 is 0 Å². The molecule has 0 radical (unpaired) electrons. The van der Waals surface area contributed by atoms with Crippen molar-refractivity contribution in [1.29, 1.82) is 0 Å². The standard InChI is InChI=1S/C11H13Br/c1-9(2)6-7-10-4-3-5-11(12)8-10/h3-5,8H,1,6-7H2,2H3. The minimum Gasteiger partial charge on any atom is -0.100 e. The Hall–Kier alpha value is -0.560. The largest absolute Gasteiger partial charge is 0.100 e. The van der Waals surface area contributed by atoms with E-state index in [0.717, 1.165) is 17.3 Å². The van der Waals surface area contributed by atoms with E-state index in [0.29, 0.717) is 0 Å². The van der Waals surface area contributed by atoms with E-state index in [2.05, 4.69) is 47.6 Å². The molecule has 1 rings (SSSR count). The van der Waals surface area contributed by atoms with Crippen molar-refractivity contribution in [1.82, 2.24) is 0 Å². The predicted molar refractivity (Wildman–Crippen MR) is 57.3 cm³/mol. The van der Waals surface area contributed by atoms with Crippen LogP contribution in [0.5, 0.6) is 0 Å². The van der Waals surface area contributed by atoms with Crippen molar-refractivity contribution < 1.29 is 0 Å². The zero-order valence-electron chi connectivity index (χ0n) is 7.31. The third-order valence-electron chi connectivity index (χ3n) is 1.73. The van der Waals surface area contributed by atoms with E-state index in [1.807, 2.05) is 6.07 Å². The van der Waals surface area contributed by atoms with Crippen LogP contribution in [0.4, 0.5) is 0 Å². The zero-order chi connectivity index (χ0) is 8.97. The average molecular weight is 225 g/mol. The molecule has 1 heteroatoms. The van der Waals surface area contributed by atoms with E-state index in [4.69, 9.17) is 0 Å². The lowest BCUT2D eigenvalue weighted by Gasteiger charge is -2.00. The van der Waals surface area contributed by atoms with Gasteiger partial charge in [-0.15, -0.1) is 6.58 Å². The SMILES string of the molecule is C=C(C)CCc1cccc(Br)c1. The van der Waals surface area contributed by atoms with Crippen molar-refractivity contribution in [2.75, 3.05) is 0 Å². The van der Waals surface area contributed by atoms with Crippen molar-refractivity contribution in [3.8, 4) is 0 Å². The minimum atomic E-state index is 1.08. The predicted octanol–water partition coefficient (Wildman–Crippen LogP) is 3.96. The number of halogens is 1. The fourth-order valence-corrected chi connectivity index (χ4v) is 1.50. The van der Waals surface area contributed by atoms with Crippen molar-refractivity contribution in [3.05, 3.63) is 46.5 Å². The summed E-state index contributed by atoms with van der Waals surface area (Å²) < 4.78 is 1.15. The molecule has 1 aromatic carbocycles. The number of aryl methyl sites for hydroxylation is 1. The molecule has 0 heterocycles. The van der Waals surface area contributed by atoms with Gasteiger partial charge in [-0.1, -0.05) is 33.6 Å². The molecule has 0 amide bonds. The molecule has 0 aromatic heterocycles. The molecular weight excluding hydrogens is 212 g/mol. The highest BCUT2D eigenvalue weighted by molar-refractivity contribution is 9.10. The van der Waals surface area contributed by atoms with Crippen molar-refractivity contribution >= 4 is 15.9 Å². The summed E-state index contributed by atoms with van der Waals surface area (Å²) in [7, 11) is 0. The summed E-state index contributed by atoms with van der Waals surface area (Å²) in [6.45, 7) is 5.95. The molecular formula is C11H13Br. The molecule has 0 aliphatic heterocycles. The fraction of sp³-hybridized carbons (Fsp3) is 0.273. The summed E-state index contributed by atoms with van der Waals surface area (Å²) in [5.41, 5.74) is 2.61. The quantitative estimate of drug-likeness (QED) is 0.683. The Morgan fingerprint density at radius 2 is 2.25 bits per heavy atom. The van der Waals surface area contributed by atoms with Crippen LogP contribution in [0.1, 0.15) is 18.9 Å². The summed E-state index contributed by atoms with van der Waals surface area (Å²) in [6, 6.07) is 8.42. The summed E-state index contributed by atoms with van der Waals surface area (Å²) >= 11 is 3.45. The molecule has 0 nitrogen and oxygen atoms in total. The Labute approximate surface area is 82.4 Å². The van der Waals surface area contributed by atoms with Crippen LogP contribution in [0.15, 0.2) is 40.9 Å². The Morgan fingerprint density at radius 1 is 1.50 bits per heavy atom. The first-order valence-electron chi connectivity index (χ1n) is 4.07. The number of hydrogen-bond acceptors (Lipinski definition) is 0. The highest BCUT2D eigenvalue weighted by Gasteiger charge is 1.93. The van der Waals surface area contributed by atoms with Crippen molar-refractivity contribution in [3.63, 3.8) is 0 Å². The smallest absolute Gasteiger partial charge is 0.0177 e. The van der Waals surface area contributed by atoms with Gasteiger partial charge in [-0.25, -0.2) is 0 Å². The Bertz CT molecular complexity index is 276. The molecule has 0 aliphatic carbocycles. The molecule has 0 saturated heterocycles. The molecule has 0 spiro atoms. The number of rotatable bonds is 3. The molecule has 0 aliphatic rings. The molecule has 64 valence electrons. The van der Waals surface area contributed by atoms with E-state index >= 15 is 0 Å². The molecule has 12 heavy (non-hydrogen) atoms. The first kappa shape index (κ1) is 9.53. The van der Waals surface area contributed by atoms with Gasteiger partial charge in [-0.2, -0.15) is 0 Å². The maximum Gasteiger partial charge on any atom is 0.0177 e. The number of benzene rings is 1. The number of allylic oxidation sites excluding steroid dienone is 1. The van der Waals surface area contributed by atoms with Gasteiger partial charge in [0.15, 0.2) is 0 Å². The topological polar surface area (TPSA) is 0 Å². The van der Waals surface area contributed by atoms with Crippen LogP contribution in [0.2, 0.25) is 0 Å². The first-order valence-corrected chi connectivity index (χ1v) is 4.86. The second kappa shape index (κ2) is 4.46. The molecule has 0 atom stereocenters. The van der Waals surface area contributed by atoms with Gasteiger partial charge in [0.25, 0.3) is 0 Å². The molecule has 0 fully saturated rings. The first-order chi connectivity index (χ1) is 5.68. The van der Waals surface area contributed by atoms with Gasteiger partial charge in [0, 0.05) is 4.47 Å². The summed E-state index contributed by atoms with van der Waals surface area (Å²) in [6.07, 6.45) is 2.17. The van der Waals surface area contributed by atoms with Gasteiger partial charge < -0.3 is 0 Å². The van der Waals surface area contributed by atoms with E-state index < -0.39 is 0 Å². The van der Waals surface area contributed by atoms with Crippen LogP contribution < -0.4 is 0 Å². The van der Waals surface area contributed by atoms with Gasteiger partial charge in [0.05, 0.1) is 0 Å².